The Balaban J connectivity index is 1.49. The van der Waals surface area contributed by atoms with Crippen molar-refractivity contribution in [2.45, 2.75) is 51.4 Å². The molecule has 34 heavy (non-hydrogen) atoms. The number of hydrogen-bond donors (Lipinski definition) is 2. The first-order chi connectivity index (χ1) is 16.6. The maximum absolute atomic E-state index is 13.4. The molecule has 1 saturated heterocycles. The fourth-order valence-corrected chi connectivity index (χ4v) is 4.97. The second kappa shape index (κ2) is 11.4. The molecule has 6 heteroatoms. The van der Waals surface area contributed by atoms with Crippen molar-refractivity contribution in [3.8, 4) is 0 Å². The minimum atomic E-state index is -0.563. The smallest absolute Gasteiger partial charge is 0.310 e. The Morgan fingerprint density at radius 1 is 1.09 bits per heavy atom. The van der Waals surface area contributed by atoms with Crippen molar-refractivity contribution in [1.82, 2.24) is 10.3 Å². The van der Waals surface area contributed by atoms with Gasteiger partial charge >= 0.3 is 5.97 Å². The third-order valence-electron chi connectivity index (χ3n) is 6.91. The van der Waals surface area contributed by atoms with Crippen molar-refractivity contribution in [2.24, 2.45) is 11.8 Å². The van der Waals surface area contributed by atoms with E-state index in [0.717, 1.165) is 41.4 Å². The third-order valence-corrected chi connectivity index (χ3v) is 6.91. The average Bonchev–Trinajstić information content (AvgIpc) is 3.54. The normalized spacial score (nSPS) is 18.5. The minimum Gasteiger partial charge on any atom is -0.461 e. The quantitative estimate of drug-likeness (QED) is 0.412. The number of para-hydroxylation sites is 1. The Kier molecular flexibility index (Phi) is 8.14. The first kappa shape index (κ1) is 24.2. The number of carbonyl (C=O) groups excluding carboxylic acids is 2. The van der Waals surface area contributed by atoms with E-state index in [2.05, 4.69) is 10.3 Å². The van der Waals surface area contributed by atoms with Crippen LogP contribution in [0.25, 0.3) is 10.9 Å². The van der Waals surface area contributed by atoms with Crippen LogP contribution in [0.5, 0.6) is 0 Å². The number of aromatic amines is 1. The zero-order chi connectivity index (χ0) is 23.9. The fourth-order valence-electron chi connectivity index (χ4n) is 4.97. The van der Waals surface area contributed by atoms with Gasteiger partial charge in [0, 0.05) is 42.6 Å². The maximum atomic E-state index is 13.4. The van der Waals surface area contributed by atoms with Crippen molar-refractivity contribution in [1.29, 1.82) is 0 Å². The summed E-state index contributed by atoms with van der Waals surface area (Å²) >= 11 is 0. The summed E-state index contributed by atoms with van der Waals surface area (Å²) < 4.78 is 11.4. The van der Waals surface area contributed by atoms with Gasteiger partial charge in [0.25, 0.3) is 0 Å². The van der Waals surface area contributed by atoms with Gasteiger partial charge in [-0.25, -0.2) is 0 Å². The first-order valence-electron chi connectivity index (χ1n) is 12.1. The van der Waals surface area contributed by atoms with Crippen LogP contribution in [0.2, 0.25) is 0 Å². The van der Waals surface area contributed by atoms with Crippen LogP contribution in [0.4, 0.5) is 0 Å². The Bertz CT molecular complexity index is 1090. The molecule has 0 spiro atoms. The van der Waals surface area contributed by atoms with Crippen LogP contribution >= 0.6 is 0 Å². The van der Waals surface area contributed by atoms with Gasteiger partial charge in [-0.3, -0.25) is 9.59 Å². The second-order valence-electron chi connectivity index (χ2n) is 9.22. The molecule has 180 valence electrons. The average molecular weight is 463 g/mol. The highest BCUT2D eigenvalue weighted by Gasteiger charge is 2.35. The molecule has 1 aromatic heterocycles. The molecule has 1 aliphatic rings. The number of rotatable bonds is 11. The summed E-state index contributed by atoms with van der Waals surface area (Å²) in [5.41, 5.74) is 2.95. The van der Waals surface area contributed by atoms with E-state index in [4.69, 9.17) is 9.47 Å². The summed E-state index contributed by atoms with van der Waals surface area (Å²) in [6.45, 7) is 3.05. The molecule has 2 aromatic carbocycles. The Hall–Kier alpha value is -2.96. The van der Waals surface area contributed by atoms with Crippen LogP contribution in [0.15, 0.2) is 60.8 Å². The molecule has 0 amide bonds. The molecule has 0 aliphatic carbocycles. The molecule has 0 radical (unpaired) electrons. The van der Waals surface area contributed by atoms with E-state index in [0.29, 0.717) is 6.42 Å². The van der Waals surface area contributed by atoms with Crippen molar-refractivity contribution in [3.63, 3.8) is 0 Å². The van der Waals surface area contributed by atoms with E-state index in [1.165, 1.54) is 0 Å². The van der Waals surface area contributed by atoms with E-state index in [9.17, 15) is 9.59 Å². The number of nitrogens with one attached hydrogen (secondary N) is 2. The number of Topliss-reactive ketones (excluding diaryl/α,β-unsaturated/α-hetero) is 1. The molecular weight excluding hydrogens is 428 g/mol. The Morgan fingerprint density at radius 3 is 2.59 bits per heavy atom. The summed E-state index contributed by atoms with van der Waals surface area (Å²) in [6.07, 6.45) is 4.37. The van der Waals surface area contributed by atoms with E-state index < -0.39 is 5.92 Å². The highest BCUT2D eigenvalue weighted by molar-refractivity contribution is 5.88. The minimum absolute atomic E-state index is 0.0297. The topological polar surface area (TPSA) is 80.4 Å². The molecular formula is C28H34N2O4. The number of ether oxygens (including phenoxy) is 2. The number of hydrogen-bond acceptors (Lipinski definition) is 5. The molecule has 2 heterocycles. The summed E-state index contributed by atoms with van der Waals surface area (Å²) in [7, 11) is 1.66. The first-order valence-corrected chi connectivity index (χ1v) is 12.1. The lowest BCUT2D eigenvalue weighted by atomic mass is 9.86. The largest absolute Gasteiger partial charge is 0.461 e. The fraction of sp³-hybridized carbons (Fsp3) is 0.429. The monoisotopic (exact) mass is 462 g/mol. The number of aromatic nitrogens is 1. The number of carbonyl (C=O) groups is 2. The Labute approximate surface area is 201 Å². The summed E-state index contributed by atoms with van der Waals surface area (Å²) in [4.78, 5) is 29.8. The number of ketones is 1. The van der Waals surface area contributed by atoms with Gasteiger partial charge in [0.1, 0.15) is 12.4 Å². The molecule has 2 N–H and O–H groups in total. The molecule has 0 unspecified atom stereocenters. The van der Waals surface area contributed by atoms with Crippen LogP contribution in [0.3, 0.4) is 0 Å². The van der Waals surface area contributed by atoms with Gasteiger partial charge < -0.3 is 19.8 Å². The van der Waals surface area contributed by atoms with Crippen molar-refractivity contribution < 1.29 is 19.1 Å². The van der Waals surface area contributed by atoms with Crippen molar-refractivity contribution in [2.75, 3.05) is 13.7 Å². The molecule has 1 fully saturated rings. The van der Waals surface area contributed by atoms with Crippen LogP contribution in [0.1, 0.15) is 37.3 Å². The Morgan fingerprint density at radius 2 is 1.85 bits per heavy atom. The van der Waals surface area contributed by atoms with E-state index in [1.807, 2.05) is 67.7 Å². The highest BCUT2D eigenvalue weighted by atomic mass is 16.5. The van der Waals surface area contributed by atoms with Crippen molar-refractivity contribution in [3.05, 3.63) is 71.9 Å². The van der Waals surface area contributed by atoms with Crippen LogP contribution in [-0.2, 0) is 32.1 Å². The van der Waals surface area contributed by atoms with Crippen LogP contribution in [0, 0.1) is 11.8 Å². The van der Waals surface area contributed by atoms with E-state index >= 15 is 0 Å². The lowest BCUT2D eigenvalue weighted by molar-refractivity contribution is -0.152. The number of methoxy groups -OCH3 is 1. The van der Waals surface area contributed by atoms with Gasteiger partial charge in [-0.2, -0.15) is 0 Å². The SMILES string of the molecule is CO[C@@H]([C@@H]1CCCN1)[C@@H](C)C(=O)C[C@@H](Cc1c[nH]c2ccccc12)C(=O)OCc1ccccc1. The van der Waals surface area contributed by atoms with Crippen LogP contribution < -0.4 is 5.32 Å². The van der Waals surface area contributed by atoms with E-state index in [-0.39, 0.29) is 42.8 Å². The molecule has 6 nitrogen and oxygen atoms in total. The van der Waals surface area contributed by atoms with Gasteiger partial charge in [-0.1, -0.05) is 55.5 Å². The lowest BCUT2D eigenvalue weighted by Gasteiger charge is -2.28. The van der Waals surface area contributed by atoms with Gasteiger partial charge in [0.2, 0.25) is 0 Å². The molecule has 1 aliphatic heterocycles. The second-order valence-corrected chi connectivity index (χ2v) is 9.22. The highest BCUT2D eigenvalue weighted by Crippen LogP contribution is 2.26. The lowest BCUT2D eigenvalue weighted by Crippen LogP contribution is -2.43. The van der Waals surface area contributed by atoms with Gasteiger partial charge in [-0.05, 0) is 43.0 Å². The number of benzene rings is 2. The van der Waals surface area contributed by atoms with Gasteiger partial charge in [0.05, 0.1) is 12.0 Å². The maximum Gasteiger partial charge on any atom is 0.310 e. The van der Waals surface area contributed by atoms with E-state index in [1.54, 1.807) is 7.11 Å². The van der Waals surface area contributed by atoms with Gasteiger partial charge in [-0.15, -0.1) is 0 Å². The molecule has 4 rings (SSSR count). The number of H-pyrrole nitrogens is 1. The summed E-state index contributed by atoms with van der Waals surface area (Å²) in [6, 6.07) is 17.8. The number of esters is 1. The standard InChI is InChI=1S/C28H34N2O4/c1-19(27(33-2)25-13-8-14-29-25)26(31)16-21(28(32)34-18-20-9-4-3-5-10-20)15-22-17-30-24-12-7-6-11-23(22)24/h3-7,9-12,17,19,21,25,27,29-30H,8,13-16,18H2,1-2H3/t19-,21+,25-,27+/m0/s1. The third kappa shape index (κ3) is 5.75. The van der Waals surface area contributed by atoms with Crippen molar-refractivity contribution >= 4 is 22.7 Å². The molecule has 3 aromatic rings. The summed E-state index contributed by atoms with van der Waals surface area (Å²) in [5.74, 6) is -1.19. The zero-order valence-corrected chi connectivity index (χ0v) is 20.0. The molecule has 0 saturated carbocycles. The van der Waals surface area contributed by atoms with Gasteiger partial charge in [0.15, 0.2) is 0 Å². The summed E-state index contributed by atoms with van der Waals surface area (Å²) in [5, 5.41) is 4.51. The predicted molar refractivity (Wildman–Crippen MR) is 132 cm³/mol. The molecule has 4 atom stereocenters. The predicted octanol–water partition coefficient (Wildman–Crippen LogP) is 4.43. The number of fused-ring (bicyclic) bond motifs is 1. The zero-order valence-electron chi connectivity index (χ0n) is 20.0. The molecule has 0 bridgehead atoms. The van der Waals surface area contributed by atoms with Crippen LogP contribution in [-0.4, -0.2) is 42.5 Å².